The lowest BCUT2D eigenvalue weighted by Gasteiger charge is -2.16. The topological polar surface area (TPSA) is 89.1 Å². The number of benzene rings is 1. The lowest BCUT2D eigenvalue weighted by Crippen LogP contribution is -2.37. The van der Waals surface area contributed by atoms with E-state index >= 15 is 0 Å². The summed E-state index contributed by atoms with van der Waals surface area (Å²) in [6, 6.07) is 9.37. The minimum Gasteiger partial charge on any atom is -0.419 e. The number of aromatic nitrogens is 4. The highest BCUT2D eigenvalue weighted by Crippen LogP contribution is 2.17. The van der Waals surface area contributed by atoms with Gasteiger partial charge in [-0.2, -0.15) is 5.10 Å². The molecule has 8 heteroatoms. The van der Waals surface area contributed by atoms with Crippen LogP contribution >= 0.6 is 0 Å². The number of carbonyl (C=O) groups excluding carboxylic acids is 1. The number of amides is 2. The van der Waals surface area contributed by atoms with E-state index in [2.05, 4.69) is 34.5 Å². The zero-order valence-corrected chi connectivity index (χ0v) is 16.8. The van der Waals surface area contributed by atoms with Gasteiger partial charge in [0.15, 0.2) is 0 Å². The van der Waals surface area contributed by atoms with Crippen LogP contribution in [0.3, 0.4) is 0 Å². The molecule has 0 radical (unpaired) electrons. The van der Waals surface area contributed by atoms with Crippen molar-refractivity contribution in [2.75, 3.05) is 13.6 Å². The van der Waals surface area contributed by atoms with E-state index in [1.54, 1.807) is 7.05 Å². The van der Waals surface area contributed by atoms with Gasteiger partial charge in [0.1, 0.15) is 6.54 Å². The monoisotopic (exact) mass is 382 g/mol. The maximum absolute atomic E-state index is 12.3. The van der Waals surface area contributed by atoms with E-state index in [9.17, 15) is 4.79 Å². The van der Waals surface area contributed by atoms with Crippen molar-refractivity contribution >= 4 is 6.03 Å². The van der Waals surface area contributed by atoms with Gasteiger partial charge in [-0.05, 0) is 44.9 Å². The predicted molar refractivity (Wildman–Crippen MR) is 106 cm³/mol. The van der Waals surface area contributed by atoms with Gasteiger partial charge >= 0.3 is 6.03 Å². The molecule has 0 aliphatic rings. The molecule has 0 fully saturated rings. The number of carbonyl (C=O) groups is 1. The highest BCUT2D eigenvalue weighted by molar-refractivity contribution is 5.73. The fourth-order valence-electron chi connectivity index (χ4n) is 2.85. The normalized spacial score (nSPS) is 10.9. The molecular formula is C20H26N6O2. The molecule has 0 unspecified atom stereocenters. The van der Waals surface area contributed by atoms with Crippen LogP contribution in [0, 0.1) is 20.8 Å². The van der Waals surface area contributed by atoms with Gasteiger partial charge in [0.05, 0.1) is 5.69 Å². The van der Waals surface area contributed by atoms with Gasteiger partial charge in [-0.3, -0.25) is 4.68 Å². The van der Waals surface area contributed by atoms with Crippen molar-refractivity contribution in [2.24, 2.45) is 0 Å². The number of aryl methyl sites for hydroxylation is 2. The van der Waals surface area contributed by atoms with Crippen molar-refractivity contribution in [3.63, 3.8) is 0 Å². The van der Waals surface area contributed by atoms with Crippen LogP contribution in [0.4, 0.5) is 4.79 Å². The van der Waals surface area contributed by atoms with E-state index in [1.165, 1.54) is 16.2 Å². The molecule has 28 heavy (non-hydrogen) atoms. The van der Waals surface area contributed by atoms with Crippen LogP contribution in [-0.4, -0.2) is 44.5 Å². The Labute approximate surface area is 164 Å². The first-order valence-corrected chi connectivity index (χ1v) is 9.33. The number of nitrogens with one attached hydrogen (secondary N) is 1. The predicted octanol–water partition coefficient (Wildman–Crippen LogP) is 3.09. The molecule has 0 aliphatic heterocycles. The minimum absolute atomic E-state index is 0.177. The van der Waals surface area contributed by atoms with Gasteiger partial charge in [-0.1, -0.05) is 18.2 Å². The van der Waals surface area contributed by atoms with Gasteiger partial charge in [-0.25, -0.2) is 4.79 Å². The Hall–Kier alpha value is -3.16. The van der Waals surface area contributed by atoms with E-state index in [4.69, 9.17) is 4.42 Å². The molecule has 0 aliphatic carbocycles. The number of rotatable bonds is 7. The third-order valence-electron chi connectivity index (χ3n) is 4.77. The highest BCUT2D eigenvalue weighted by Gasteiger charge is 2.14. The molecule has 3 aromatic rings. The van der Waals surface area contributed by atoms with Crippen molar-refractivity contribution in [3.05, 3.63) is 53.2 Å². The summed E-state index contributed by atoms with van der Waals surface area (Å²) in [6.45, 7) is 7.74. The molecule has 2 aromatic heterocycles. The molecule has 148 valence electrons. The molecule has 0 saturated heterocycles. The Bertz CT molecular complexity index is 932. The molecular weight excluding hydrogens is 356 g/mol. The molecule has 3 rings (SSSR count). The van der Waals surface area contributed by atoms with Gasteiger partial charge < -0.3 is 14.6 Å². The summed E-state index contributed by atoms with van der Waals surface area (Å²) < 4.78 is 7.64. The lowest BCUT2D eigenvalue weighted by atomic mass is 10.2. The van der Waals surface area contributed by atoms with Crippen molar-refractivity contribution in [1.29, 1.82) is 0 Å². The second-order valence-electron chi connectivity index (χ2n) is 6.83. The van der Waals surface area contributed by atoms with Crippen LogP contribution < -0.4 is 5.32 Å². The third kappa shape index (κ3) is 4.57. The van der Waals surface area contributed by atoms with E-state index < -0.39 is 0 Å². The maximum atomic E-state index is 12.3. The Morgan fingerprint density at radius 1 is 1.18 bits per heavy atom. The number of hydrogen-bond acceptors (Lipinski definition) is 5. The number of nitrogens with zero attached hydrogens (tertiary/aromatic N) is 5. The van der Waals surface area contributed by atoms with Gasteiger partial charge in [0.25, 0.3) is 0 Å². The van der Waals surface area contributed by atoms with E-state index in [0.717, 1.165) is 24.2 Å². The van der Waals surface area contributed by atoms with Crippen LogP contribution in [0.15, 0.2) is 34.7 Å². The summed E-state index contributed by atoms with van der Waals surface area (Å²) in [7, 11) is 1.70. The second-order valence-corrected chi connectivity index (χ2v) is 6.83. The third-order valence-corrected chi connectivity index (χ3v) is 4.77. The first-order valence-electron chi connectivity index (χ1n) is 9.33. The number of hydrogen-bond donors (Lipinski definition) is 1. The first-order chi connectivity index (χ1) is 13.5. The molecule has 0 bridgehead atoms. The van der Waals surface area contributed by atoms with E-state index in [1.807, 2.05) is 41.9 Å². The highest BCUT2D eigenvalue weighted by atomic mass is 16.4. The molecule has 8 nitrogen and oxygen atoms in total. The maximum Gasteiger partial charge on any atom is 0.317 e. The molecule has 2 heterocycles. The zero-order valence-electron chi connectivity index (χ0n) is 16.8. The Balaban J connectivity index is 1.44. The summed E-state index contributed by atoms with van der Waals surface area (Å²) in [4.78, 5) is 13.8. The fourth-order valence-corrected chi connectivity index (χ4v) is 2.85. The average molecular weight is 382 g/mol. The summed E-state index contributed by atoms with van der Waals surface area (Å²) in [5.41, 5.74) is 4.30. The molecule has 1 aromatic carbocycles. The molecule has 0 atom stereocenters. The molecule has 1 N–H and O–H groups in total. The lowest BCUT2D eigenvalue weighted by molar-refractivity contribution is 0.202. The first kappa shape index (κ1) is 19.6. The van der Waals surface area contributed by atoms with Gasteiger partial charge in [0, 0.05) is 31.4 Å². The quantitative estimate of drug-likeness (QED) is 0.634. The molecule has 0 saturated carbocycles. The van der Waals surface area contributed by atoms with Crippen LogP contribution in [0.25, 0.3) is 11.5 Å². The van der Waals surface area contributed by atoms with Gasteiger partial charge in [0.2, 0.25) is 11.8 Å². The van der Waals surface area contributed by atoms with Crippen molar-refractivity contribution in [2.45, 2.75) is 40.3 Å². The number of urea groups is 1. The van der Waals surface area contributed by atoms with Crippen LogP contribution in [0.2, 0.25) is 0 Å². The van der Waals surface area contributed by atoms with E-state index in [0.29, 0.717) is 18.3 Å². The van der Waals surface area contributed by atoms with Crippen LogP contribution in [0.5, 0.6) is 0 Å². The average Bonchev–Trinajstić information content (AvgIpc) is 3.26. The van der Waals surface area contributed by atoms with Crippen LogP contribution in [0.1, 0.15) is 29.3 Å². The summed E-state index contributed by atoms with van der Waals surface area (Å²) >= 11 is 0. The Morgan fingerprint density at radius 2 is 1.93 bits per heavy atom. The van der Waals surface area contributed by atoms with E-state index in [-0.39, 0.29) is 12.6 Å². The fraction of sp³-hybridized carbons (Fsp3) is 0.400. The Morgan fingerprint density at radius 3 is 2.61 bits per heavy atom. The summed E-state index contributed by atoms with van der Waals surface area (Å²) in [5.74, 6) is 0.846. The second kappa shape index (κ2) is 8.69. The van der Waals surface area contributed by atoms with Crippen LogP contribution in [-0.2, 0) is 13.1 Å². The zero-order chi connectivity index (χ0) is 20.1. The van der Waals surface area contributed by atoms with Crippen molar-refractivity contribution in [3.8, 4) is 11.5 Å². The molecule has 0 spiro atoms. The van der Waals surface area contributed by atoms with Crippen molar-refractivity contribution < 1.29 is 9.21 Å². The van der Waals surface area contributed by atoms with Crippen molar-refractivity contribution in [1.82, 2.24) is 30.2 Å². The minimum atomic E-state index is -0.177. The Kier molecular flexibility index (Phi) is 6.08. The summed E-state index contributed by atoms with van der Waals surface area (Å²) in [5, 5.41) is 15.5. The van der Waals surface area contributed by atoms with Gasteiger partial charge in [-0.15, -0.1) is 10.2 Å². The molecule has 2 amide bonds. The standard InChI is InChI=1S/C20H26N6O2/c1-14-15(2)24-26(16(14)3)12-8-11-21-20(27)25(4)13-18-22-23-19(28-18)17-9-6-5-7-10-17/h5-7,9-10H,8,11-13H2,1-4H3,(H,21,27). The largest absolute Gasteiger partial charge is 0.419 e. The summed E-state index contributed by atoms with van der Waals surface area (Å²) in [6.07, 6.45) is 0.805. The smallest absolute Gasteiger partial charge is 0.317 e. The SMILES string of the molecule is Cc1nn(CCCNC(=O)N(C)Cc2nnc(-c3ccccc3)o2)c(C)c1C.